The number of rotatable bonds is 10. The van der Waals surface area contributed by atoms with E-state index in [9.17, 15) is 0 Å². The smallest absolute Gasteiger partial charge is 0.0462 e. The minimum absolute atomic E-state index is 1.10. The molecule has 0 atom stereocenters. The van der Waals surface area contributed by atoms with Crippen molar-refractivity contribution in [3.8, 4) is 77.2 Å². The molecule has 1 nitrogen and oxygen atoms in total. The van der Waals surface area contributed by atoms with Gasteiger partial charge in [-0.3, -0.25) is 0 Å². The van der Waals surface area contributed by atoms with Crippen molar-refractivity contribution in [2.24, 2.45) is 0 Å². The normalized spacial score (nSPS) is 11.2. The van der Waals surface area contributed by atoms with Gasteiger partial charge >= 0.3 is 0 Å². The minimum atomic E-state index is 1.10. The van der Waals surface area contributed by atoms with Crippen molar-refractivity contribution in [1.82, 2.24) is 0 Å². The summed E-state index contributed by atoms with van der Waals surface area (Å²) in [6.07, 6.45) is 0. The zero-order chi connectivity index (χ0) is 45.2. The number of nitrogens with zero attached hydrogens (tertiary/aromatic N) is 1. The van der Waals surface area contributed by atoms with E-state index in [1.165, 1.54) is 98.1 Å². The molecule has 11 aromatic carbocycles. The molecule has 0 bridgehead atoms. The quantitative estimate of drug-likeness (QED) is 0.132. The molecule has 0 aliphatic heterocycles. The van der Waals surface area contributed by atoms with Gasteiger partial charge in [-0.05, 0) is 108 Å². The SMILES string of the molecule is c1ccc(-c2ccc(N(c3ccc(-c4ccccc4)cc3)c3ccc(-c4ccc(-c5c(-c6ccccc6)c6sc(-c7ccccc7)c(-c7ccccc7)c6c6ccccc56)cc4)cc3)cc2)cc1. The van der Waals surface area contributed by atoms with Gasteiger partial charge in [0.15, 0.2) is 0 Å². The van der Waals surface area contributed by atoms with Crippen molar-refractivity contribution in [2.75, 3.05) is 4.90 Å². The lowest BCUT2D eigenvalue weighted by molar-refractivity contribution is 1.28. The molecule has 0 saturated carbocycles. The molecule has 0 spiro atoms. The summed E-state index contributed by atoms with van der Waals surface area (Å²) >= 11 is 1.91. The first-order chi connectivity index (χ1) is 33.7. The average Bonchev–Trinajstić information content (AvgIpc) is 3.83. The van der Waals surface area contributed by atoms with Crippen molar-refractivity contribution in [2.45, 2.75) is 0 Å². The van der Waals surface area contributed by atoms with Crippen LogP contribution in [-0.2, 0) is 0 Å². The van der Waals surface area contributed by atoms with Gasteiger partial charge in [0, 0.05) is 43.2 Å². The molecular formula is C66H45NS. The van der Waals surface area contributed by atoms with E-state index in [4.69, 9.17) is 0 Å². The average molecular weight is 884 g/mol. The van der Waals surface area contributed by atoms with Crippen LogP contribution >= 0.6 is 11.3 Å². The van der Waals surface area contributed by atoms with Crippen LogP contribution < -0.4 is 4.90 Å². The van der Waals surface area contributed by atoms with Gasteiger partial charge in [-0.15, -0.1) is 11.3 Å². The topological polar surface area (TPSA) is 3.24 Å². The lowest BCUT2D eigenvalue weighted by Crippen LogP contribution is -2.09. The summed E-state index contributed by atoms with van der Waals surface area (Å²) in [5, 5.41) is 3.82. The summed E-state index contributed by atoms with van der Waals surface area (Å²) in [4.78, 5) is 3.64. The molecule has 0 aliphatic rings. The van der Waals surface area contributed by atoms with Crippen LogP contribution in [0, 0.1) is 0 Å². The highest BCUT2D eigenvalue weighted by Crippen LogP contribution is 2.54. The highest BCUT2D eigenvalue weighted by molar-refractivity contribution is 7.24. The second-order valence-electron chi connectivity index (χ2n) is 17.2. The van der Waals surface area contributed by atoms with Crippen LogP contribution in [0.3, 0.4) is 0 Å². The van der Waals surface area contributed by atoms with E-state index in [2.05, 4.69) is 278 Å². The highest BCUT2D eigenvalue weighted by atomic mass is 32.1. The molecule has 320 valence electrons. The molecule has 0 radical (unpaired) electrons. The van der Waals surface area contributed by atoms with Crippen molar-refractivity contribution in [3.63, 3.8) is 0 Å². The Balaban J connectivity index is 0.953. The number of anilines is 3. The summed E-state index contributed by atoms with van der Waals surface area (Å²) in [5.41, 5.74) is 19.1. The summed E-state index contributed by atoms with van der Waals surface area (Å²) in [6.45, 7) is 0. The maximum absolute atomic E-state index is 2.35. The van der Waals surface area contributed by atoms with Crippen molar-refractivity contribution in [3.05, 3.63) is 273 Å². The van der Waals surface area contributed by atoms with Crippen LogP contribution in [0.1, 0.15) is 0 Å². The van der Waals surface area contributed by atoms with Gasteiger partial charge in [0.2, 0.25) is 0 Å². The van der Waals surface area contributed by atoms with Gasteiger partial charge in [-0.25, -0.2) is 0 Å². The highest BCUT2D eigenvalue weighted by Gasteiger charge is 2.25. The van der Waals surface area contributed by atoms with Gasteiger partial charge in [0.1, 0.15) is 0 Å². The van der Waals surface area contributed by atoms with Crippen LogP contribution in [-0.4, -0.2) is 0 Å². The largest absolute Gasteiger partial charge is 0.311 e. The molecule has 0 aliphatic carbocycles. The second-order valence-corrected chi connectivity index (χ2v) is 18.2. The van der Waals surface area contributed by atoms with Crippen molar-refractivity contribution < 1.29 is 0 Å². The Hall–Kier alpha value is -8.56. The molecule has 1 aromatic heterocycles. The Morgan fingerprint density at radius 2 is 0.515 bits per heavy atom. The molecule has 0 amide bonds. The van der Waals surface area contributed by atoms with Crippen LogP contribution in [0.15, 0.2) is 273 Å². The first kappa shape index (κ1) is 40.9. The van der Waals surface area contributed by atoms with E-state index in [1.807, 2.05) is 11.3 Å². The lowest BCUT2D eigenvalue weighted by Gasteiger charge is -2.26. The molecule has 0 fully saturated rings. The summed E-state index contributed by atoms with van der Waals surface area (Å²) in [5.74, 6) is 0. The number of hydrogen-bond acceptors (Lipinski definition) is 2. The van der Waals surface area contributed by atoms with E-state index < -0.39 is 0 Å². The van der Waals surface area contributed by atoms with E-state index in [-0.39, 0.29) is 0 Å². The zero-order valence-corrected chi connectivity index (χ0v) is 38.2. The first-order valence-electron chi connectivity index (χ1n) is 23.2. The number of benzene rings is 11. The van der Waals surface area contributed by atoms with E-state index in [0.717, 1.165) is 17.1 Å². The summed E-state index contributed by atoms with van der Waals surface area (Å²) in [6, 6.07) is 99.0. The van der Waals surface area contributed by atoms with Crippen LogP contribution in [0.2, 0.25) is 0 Å². The Labute approximate surface area is 402 Å². The van der Waals surface area contributed by atoms with Crippen LogP contribution in [0.25, 0.3) is 98.1 Å². The van der Waals surface area contributed by atoms with Crippen LogP contribution in [0.5, 0.6) is 0 Å². The maximum atomic E-state index is 2.35. The fourth-order valence-electron chi connectivity index (χ4n) is 9.83. The number of fused-ring (bicyclic) bond motifs is 3. The van der Waals surface area contributed by atoms with Gasteiger partial charge in [0.25, 0.3) is 0 Å². The molecule has 1 heterocycles. The third kappa shape index (κ3) is 7.67. The summed E-state index contributed by atoms with van der Waals surface area (Å²) in [7, 11) is 0. The van der Waals surface area contributed by atoms with E-state index >= 15 is 0 Å². The Kier molecular flexibility index (Phi) is 10.8. The van der Waals surface area contributed by atoms with Gasteiger partial charge in [0.05, 0.1) is 0 Å². The Morgan fingerprint density at radius 3 is 0.941 bits per heavy atom. The predicted octanol–water partition coefficient (Wildman–Crippen LogP) is 19.2. The molecule has 2 heteroatoms. The molecule has 0 N–H and O–H groups in total. The predicted molar refractivity (Wildman–Crippen MR) is 292 cm³/mol. The molecule has 68 heavy (non-hydrogen) atoms. The molecule has 12 rings (SSSR count). The van der Waals surface area contributed by atoms with Gasteiger partial charge in [-0.1, -0.05) is 237 Å². The van der Waals surface area contributed by atoms with E-state index in [0.29, 0.717) is 0 Å². The summed E-state index contributed by atoms with van der Waals surface area (Å²) < 4.78 is 1.30. The Bertz CT molecular complexity index is 3560. The zero-order valence-electron chi connectivity index (χ0n) is 37.3. The van der Waals surface area contributed by atoms with E-state index in [1.54, 1.807) is 0 Å². The minimum Gasteiger partial charge on any atom is -0.311 e. The second kappa shape index (κ2) is 18.0. The third-order valence-electron chi connectivity index (χ3n) is 13.1. The number of thiophene rings is 1. The maximum Gasteiger partial charge on any atom is 0.0462 e. The van der Waals surface area contributed by atoms with Crippen LogP contribution in [0.4, 0.5) is 17.1 Å². The fourth-order valence-corrected chi connectivity index (χ4v) is 11.2. The molecular weight excluding hydrogens is 839 g/mol. The Morgan fingerprint density at radius 1 is 0.221 bits per heavy atom. The van der Waals surface area contributed by atoms with Gasteiger partial charge < -0.3 is 4.90 Å². The van der Waals surface area contributed by atoms with Crippen molar-refractivity contribution in [1.29, 1.82) is 0 Å². The number of hydrogen-bond donors (Lipinski definition) is 0. The molecule has 0 saturated heterocycles. The van der Waals surface area contributed by atoms with Crippen molar-refractivity contribution >= 4 is 49.3 Å². The molecule has 0 unspecified atom stereocenters. The lowest BCUT2D eigenvalue weighted by atomic mass is 9.85. The standard InChI is InChI=1S/C66H45NS/c1-6-18-46(19-7-1)49-34-40-56(41-35-49)67(57-42-36-50(37-43-57)47-20-8-2-9-21-47)58-44-38-51(39-45-58)48-30-32-54(33-31-48)61-59-28-16-17-29-60(59)64-63(53-24-12-4-13-25-53)65(55-26-14-5-15-27-55)68-66(64)62(61)52-22-10-3-11-23-52/h1-45H. The molecule has 12 aromatic rings. The van der Waals surface area contributed by atoms with Gasteiger partial charge in [-0.2, -0.15) is 0 Å². The fraction of sp³-hybridized carbons (Fsp3) is 0. The monoisotopic (exact) mass is 883 g/mol. The third-order valence-corrected chi connectivity index (χ3v) is 14.4. The first-order valence-corrected chi connectivity index (χ1v) is 24.1.